The second kappa shape index (κ2) is 9.18. The fraction of sp³-hybridized carbons (Fsp3) is 0.263. The molecule has 0 unspecified atom stereocenters. The molecule has 5 nitrogen and oxygen atoms in total. The summed E-state index contributed by atoms with van der Waals surface area (Å²) >= 11 is 23.8. The first-order valence-corrected chi connectivity index (χ1v) is 10.1. The van der Waals surface area contributed by atoms with Gasteiger partial charge in [-0.2, -0.15) is 0 Å². The van der Waals surface area contributed by atoms with E-state index in [1.54, 1.807) is 0 Å². The summed E-state index contributed by atoms with van der Waals surface area (Å²) in [5.41, 5.74) is 1.80. The van der Waals surface area contributed by atoms with Crippen molar-refractivity contribution < 1.29 is 9.53 Å². The number of nitrogens with one attached hydrogen (secondary N) is 2. The molecule has 1 heterocycles. The number of halogens is 3. The van der Waals surface area contributed by atoms with E-state index in [9.17, 15) is 4.79 Å². The van der Waals surface area contributed by atoms with Crippen LogP contribution in [0, 0.1) is 0 Å². The zero-order chi connectivity index (χ0) is 20.3. The third kappa shape index (κ3) is 4.63. The molecule has 1 fully saturated rings. The van der Waals surface area contributed by atoms with Crippen molar-refractivity contribution in [2.24, 2.45) is 0 Å². The van der Waals surface area contributed by atoms with Gasteiger partial charge in [0.15, 0.2) is 5.11 Å². The van der Waals surface area contributed by atoms with Gasteiger partial charge in [0.05, 0.1) is 34.1 Å². The number of methoxy groups -OCH3 is 1. The molecule has 0 saturated carbocycles. The lowest BCUT2D eigenvalue weighted by molar-refractivity contribution is 0.0975. The number of carbonyl (C=O) groups excluding carboxylic acids is 1. The monoisotopic (exact) mass is 457 g/mol. The van der Waals surface area contributed by atoms with E-state index < -0.39 is 5.91 Å². The maximum atomic E-state index is 12.7. The first-order valence-electron chi connectivity index (χ1n) is 8.59. The molecule has 0 aromatic heterocycles. The predicted molar refractivity (Wildman–Crippen MR) is 120 cm³/mol. The van der Waals surface area contributed by atoms with Gasteiger partial charge in [0, 0.05) is 18.1 Å². The van der Waals surface area contributed by atoms with Gasteiger partial charge in [-0.25, -0.2) is 0 Å². The molecule has 0 atom stereocenters. The lowest BCUT2D eigenvalue weighted by Crippen LogP contribution is -2.35. The number of rotatable bonds is 4. The molecule has 28 heavy (non-hydrogen) atoms. The van der Waals surface area contributed by atoms with Crippen LogP contribution in [0.4, 0.5) is 11.4 Å². The van der Waals surface area contributed by atoms with E-state index in [-0.39, 0.29) is 21.4 Å². The molecule has 1 aliphatic rings. The van der Waals surface area contributed by atoms with E-state index in [0.29, 0.717) is 10.0 Å². The molecule has 2 N–H and O–H groups in total. The van der Waals surface area contributed by atoms with Gasteiger partial charge >= 0.3 is 0 Å². The molecule has 148 valence electrons. The van der Waals surface area contributed by atoms with Crippen LogP contribution in [0.2, 0.25) is 15.1 Å². The topological polar surface area (TPSA) is 53.6 Å². The quantitative estimate of drug-likeness (QED) is 0.602. The highest BCUT2D eigenvalue weighted by Gasteiger charge is 2.21. The Morgan fingerprint density at radius 1 is 1.14 bits per heavy atom. The van der Waals surface area contributed by atoms with Crippen LogP contribution < -0.4 is 20.3 Å². The van der Waals surface area contributed by atoms with E-state index in [1.807, 2.05) is 18.2 Å². The minimum Gasteiger partial charge on any atom is -0.494 e. The molecule has 1 aliphatic heterocycles. The Morgan fingerprint density at radius 3 is 2.54 bits per heavy atom. The molecule has 1 saturated heterocycles. The fourth-order valence-electron chi connectivity index (χ4n) is 3.14. The van der Waals surface area contributed by atoms with Crippen LogP contribution in [-0.4, -0.2) is 31.2 Å². The predicted octanol–water partition coefficient (Wildman–Crippen LogP) is 5.38. The minimum atomic E-state index is -0.483. The Hall–Kier alpha value is -1.73. The SMILES string of the molecule is COc1c(Cl)cc(Cl)cc1C(=O)NC(=S)Nc1cccc(Cl)c1N1CCCC1. The first-order chi connectivity index (χ1) is 13.4. The number of para-hydroxylation sites is 1. The van der Waals surface area contributed by atoms with Gasteiger partial charge in [0.2, 0.25) is 0 Å². The van der Waals surface area contributed by atoms with Crippen molar-refractivity contribution in [3.05, 3.63) is 51.0 Å². The number of carbonyl (C=O) groups is 1. The number of anilines is 2. The summed E-state index contributed by atoms with van der Waals surface area (Å²) in [6.45, 7) is 1.85. The van der Waals surface area contributed by atoms with E-state index in [1.165, 1.54) is 19.2 Å². The summed E-state index contributed by atoms with van der Waals surface area (Å²) in [6.07, 6.45) is 2.22. The molecule has 9 heteroatoms. The number of hydrogen-bond donors (Lipinski definition) is 2. The summed E-state index contributed by atoms with van der Waals surface area (Å²) in [7, 11) is 1.43. The van der Waals surface area contributed by atoms with Gasteiger partial charge in [-0.1, -0.05) is 40.9 Å². The second-order valence-corrected chi connectivity index (χ2v) is 7.87. The lowest BCUT2D eigenvalue weighted by Gasteiger charge is -2.23. The normalized spacial score (nSPS) is 13.4. The molecular weight excluding hydrogens is 441 g/mol. The smallest absolute Gasteiger partial charge is 0.261 e. The van der Waals surface area contributed by atoms with Crippen LogP contribution in [0.3, 0.4) is 0 Å². The fourth-order valence-corrected chi connectivity index (χ4v) is 4.21. The molecular formula is C19H18Cl3N3O2S. The number of ether oxygens (including phenoxy) is 1. The average Bonchev–Trinajstić information content (AvgIpc) is 3.15. The average molecular weight is 459 g/mol. The van der Waals surface area contributed by atoms with Crippen molar-refractivity contribution >= 4 is 69.4 Å². The molecule has 3 rings (SSSR count). The molecule has 2 aromatic rings. The number of thiocarbonyl (C=S) groups is 1. The molecule has 2 aromatic carbocycles. The summed E-state index contributed by atoms with van der Waals surface area (Å²) in [4.78, 5) is 14.9. The van der Waals surface area contributed by atoms with Crippen LogP contribution in [0.15, 0.2) is 30.3 Å². The number of hydrogen-bond acceptors (Lipinski definition) is 4. The highest BCUT2D eigenvalue weighted by molar-refractivity contribution is 7.80. The maximum absolute atomic E-state index is 12.7. The van der Waals surface area contributed by atoms with Gasteiger partial charge in [0.1, 0.15) is 5.75 Å². The molecule has 0 bridgehead atoms. The van der Waals surface area contributed by atoms with E-state index in [2.05, 4.69) is 15.5 Å². The third-order valence-electron chi connectivity index (χ3n) is 4.34. The van der Waals surface area contributed by atoms with Crippen LogP contribution >= 0.6 is 47.0 Å². The van der Waals surface area contributed by atoms with E-state index >= 15 is 0 Å². The van der Waals surface area contributed by atoms with Gasteiger partial charge in [0.25, 0.3) is 5.91 Å². The molecule has 0 radical (unpaired) electrons. The number of benzene rings is 2. The minimum absolute atomic E-state index is 0.130. The summed E-state index contributed by atoms with van der Waals surface area (Å²) in [5.74, 6) is -0.254. The van der Waals surface area contributed by atoms with Crippen LogP contribution in [0.25, 0.3) is 0 Å². The van der Waals surface area contributed by atoms with E-state index in [0.717, 1.165) is 37.3 Å². The van der Waals surface area contributed by atoms with Gasteiger partial charge in [-0.05, 0) is 49.3 Å². The Balaban J connectivity index is 1.79. The van der Waals surface area contributed by atoms with E-state index in [4.69, 9.17) is 51.8 Å². The number of nitrogens with zero attached hydrogens (tertiary/aromatic N) is 1. The summed E-state index contributed by atoms with van der Waals surface area (Å²) in [6, 6.07) is 8.51. The highest BCUT2D eigenvalue weighted by Crippen LogP contribution is 2.36. The first kappa shape index (κ1) is 21.0. The molecule has 0 aliphatic carbocycles. The van der Waals surface area contributed by atoms with Crippen LogP contribution in [0.1, 0.15) is 23.2 Å². The van der Waals surface area contributed by atoms with Crippen LogP contribution in [0.5, 0.6) is 5.75 Å². The van der Waals surface area contributed by atoms with Gasteiger partial charge in [-0.15, -0.1) is 0 Å². The largest absolute Gasteiger partial charge is 0.494 e. The lowest BCUT2D eigenvalue weighted by atomic mass is 10.2. The van der Waals surface area contributed by atoms with Gasteiger partial charge in [-0.3, -0.25) is 10.1 Å². The standard InChI is InChI=1S/C19H18Cl3N3O2S/c1-27-17-12(9-11(20)10-14(17)22)18(26)24-19(28)23-15-6-4-5-13(21)16(15)25-7-2-3-8-25/h4-6,9-10H,2-3,7-8H2,1H3,(H2,23,24,26,28). The second-order valence-electron chi connectivity index (χ2n) is 6.21. The zero-order valence-electron chi connectivity index (χ0n) is 15.0. The Labute approximate surface area is 183 Å². The highest BCUT2D eigenvalue weighted by atomic mass is 35.5. The van der Waals surface area contributed by atoms with Crippen molar-refractivity contribution in [1.29, 1.82) is 0 Å². The Kier molecular flexibility index (Phi) is 6.88. The van der Waals surface area contributed by atoms with Crippen molar-refractivity contribution in [3.8, 4) is 5.75 Å². The Morgan fingerprint density at radius 2 is 1.86 bits per heavy atom. The summed E-state index contributed by atoms with van der Waals surface area (Å²) in [5, 5.41) is 7.02. The van der Waals surface area contributed by atoms with Crippen molar-refractivity contribution in [3.63, 3.8) is 0 Å². The maximum Gasteiger partial charge on any atom is 0.261 e. The van der Waals surface area contributed by atoms with Gasteiger partial charge < -0.3 is 15.0 Å². The van der Waals surface area contributed by atoms with Crippen LogP contribution in [-0.2, 0) is 0 Å². The van der Waals surface area contributed by atoms with Crippen molar-refractivity contribution in [2.75, 3.05) is 30.4 Å². The zero-order valence-corrected chi connectivity index (χ0v) is 18.1. The Bertz CT molecular complexity index is 918. The third-order valence-corrected chi connectivity index (χ3v) is 5.35. The number of amides is 1. The van der Waals surface area contributed by atoms with Crippen molar-refractivity contribution in [1.82, 2.24) is 5.32 Å². The molecule has 1 amide bonds. The van der Waals surface area contributed by atoms with Crippen molar-refractivity contribution in [2.45, 2.75) is 12.8 Å². The molecule has 0 spiro atoms. The summed E-state index contributed by atoms with van der Waals surface area (Å²) < 4.78 is 5.22.